The van der Waals surface area contributed by atoms with Gasteiger partial charge in [-0.25, -0.2) is 0 Å². The van der Waals surface area contributed by atoms with Gasteiger partial charge in [0.05, 0.1) is 0 Å². The molecule has 1 aliphatic carbocycles. The maximum atomic E-state index is 11.6. The third kappa shape index (κ3) is 1.27. The van der Waals surface area contributed by atoms with Crippen molar-refractivity contribution in [2.75, 3.05) is 0 Å². The summed E-state index contributed by atoms with van der Waals surface area (Å²) in [6, 6.07) is 6.16. The Morgan fingerprint density at radius 3 is 2.19 bits per heavy atom. The number of hydrogen-bond donors (Lipinski definition) is 1. The summed E-state index contributed by atoms with van der Waals surface area (Å²) >= 11 is 0. The third-order valence-electron chi connectivity index (χ3n) is 2.45. The van der Waals surface area contributed by atoms with E-state index in [1.54, 1.807) is 12.1 Å². The number of aliphatic hydroxyl groups is 1. The summed E-state index contributed by atoms with van der Waals surface area (Å²) in [7, 11) is 0. The number of aliphatic hydroxyl groups excluding tert-OH is 1. The van der Waals surface area contributed by atoms with Crippen molar-refractivity contribution in [3.63, 3.8) is 0 Å². The highest BCUT2D eigenvalue weighted by atomic mass is 16.3. The minimum Gasteiger partial charge on any atom is -0.506 e. The second kappa shape index (κ2) is 3.41. The highest BCUT2D eigenvalue weighted by molar-refractivity contribution is 6.57. The molecule has 0 bridgehead atoms. The van der Waals surface area contributed by atoms with Gasteiger partial charge in [-0.2, -0.15) is 0 Å². The van der Waals surface area contributed by atoms with Gasteiger partial charge in [0.15, 0.2) is 5.78 Å². The van der Waals surface area contributed by atoms with Crippen LogP contribution in [0, 0.1) is 0 Å². The first-order valence-corrected chi connectivity index (χ1v) is 4.66. The summed E-state index contributed by atoms with van der Waals surface area (Å²) in [6.45, 7) is 1.14. The van der Waals surface area contributed by atoms with Gasteiger partial charge in [-0.05, 0) is 6.92 Å². The normalized spacial score (nSPS) is 15.1. The van der Waals surface area contributed by atoms with Crippen molar-refractivity contribution >= 4 is 23.1 Å². The summed E-state index contributed by atoms with van der Waals surface area (Å²) in [4.78, 5) is 34.4. The molecule has 4 heteroatoms. The van der Waals surface area contributed by atoms with Gasteiger partial charge < -0.3 is 5.11 Å². The number of fused-ring (bicyclic) bond motifs is 1. The van der Waals surface area contributed by atoms with E-state index in [0.29, 0.717) is 0 Å². The molecule has 0 aliphatic heterocycles. The van der Waals surface area contributed by atoms with E-state index in [0.717, 1.165) is 6.92 Å². The molecule has 1 aromatic rings. The van der Waals surface area contributed by atoms with Crippen LogP contribution >= 0.6 is 0 Å². The fraction of sp³-hybridized carbons (Fsp3) is 0.0833. The van der Waals surface area contributed by atoms with Crippen LogP contribution in [-0.2, 0) is 9.59 Å². The standard InChI is InChI=1S/C12H8O4/c1-6(13)9-10(14)7-4-2-3-5-8(7)11(15)12(9)16/h2-5,14H,1H3. The van der Waals surface area contributed by atoms with Crippen LogP contribution in [-0.4, -0.2) is 22.5 Å². The SMILES string of the molecule is CC(=O)C1=C(O)c2ccccc2C(=O)C1=O. The minimum absolute atomic E-state index is 0.134. The van der Waals surface area contributed by atoms with Gasteiger partial charge in [0, 0.05) is 11.1 Å². The molecule has 0 saturated heterocycles. The van der Waals surface area contributed by atoms with Gasteiger partial charge in [0.25, 0.3) is 0 Å². The number of allylic oxidation sites excluding steroid dienone is 1. The Morgan fingerprint density at radius 1 is 1.06 bits per heavy atom. The zero-order chi connectivity index (χ0) is 11.9. The Labute approximate surface area is 91.2 Å². The molecule has 0 atom stereocenters. The molecule has 0 aromatic heterocycles. The van der Waals surface area contributed by atoms with Gasteiger partial charge >= 0.3 is 0 Å². The van der Waals surface area contributed by atoms with Crippen molar-refractivity contribution in [3.8, 4) is 0 Å². The number of carbonyl (C=O) groups excluding carboxylic acids is 3. The molecule has 4 nitrogen and oxygen atoms in total. The van der Waals surface area contributed by atoms with Crippen molar-refractivity contribution in [2.24, 2.45) is 0 Å². The van der Waals surface area contributed by atoms with Crippen molar-refractivity contribution in [3.05, 3.63) is 41.0 Å². The molecule has 0 amide bonds. The van der Waals surface area contributed by atoms with E-state index >= 15 is 0 Å². The predicted molar refractivity (Wildman–Crippen MR) is 56.0 cm³/mol. The summed E-state index contributed by atoms with van der Waals surface area (Å²) < 4.78 is 0. The van der Waals surface area contributed by atoms with Gasteiger partial charge in [0.1, 0.15) is 11.3 Å². The van der Waals surface area contributed by atoms with E-state index in [9.17, 15) is 19.5 Å². The van der Waals surface area contributed by atoms with E-state index in [1.807, 2.05) is 0 Å². The number of rotatable bonds is 1. The fourth-order valence-electron chi connectivity index (χ4n) is 1.69. The number of hydrogen-bond acceptors (Lipinski definition) is 4. The van der Waals surface area contributed by atoms with Crippen LogP contribution in [0.1, 0.15) is 22.8 Å². The number of ketones is 3. The van der Waals surface area contributed by atoms with Gasteiger partial charge in [-0.1, -0.05) is 24.3 Å². The van der Waals surface area contributed by atoms with Crippen LogP contribution in [0.15, 0.2) is 29.8 Å². The van der Waals surface area contributed by atoms with Crippen molar-refractivity contribution in [1.29, 1.82) is 0 Å². The Balaban J connectivity index is 2.79. The van der Waals surface area contributed by atoms with E-state index in [-0.39, 0.29) is 11.1 Å². The number of benzene rings is 1. The molecule has 0 radical (unpaired) electrons. The lowest BCUT2D eigenvalue weighted by Gasteiger charge is -2.15. The summed E-state index contributed by atoms with van der Waals surface area (Å²) in [5.41, 5.74) is -0.0593. The molecule has 1 aliphatic rings. The van der Waals surface area contributed by atoms with Gasteiger partial charge in [0.2, 0.25) is 11.6 Å². The molecule has 16 heavy (non-hydrogen) atoms. The van der Waals surface area contributed by atoms with Crippen molar-refractivity contribution < 1.29 is 19.5 Å². The molecule has 1 aromatic carbocycles. The Bertz CT molecular complexity index is 552. The largest absolute Gasteiger partial charge is 0.506 e. The lowest BCUT2D eigenvalue weighted by Crippen LogP contribution is -2.27. The highest BCUT2D eigenvalue weighted by Gasteiger charge is 2.34. The fourth-order valence-corrected chi connectivity index (χ4v) is 1.69. The van der Waals surface area contributed by atoms with E-state index in [2.05, 4.69) is 0 Å². The van der Waals surface area contributed by atoms with Gasteiger partial charge in [-0.3, -0.25) is 14.4 Å². The molecule has 2 rings (SSSR count). The van der Waals surface area contributed by atoms with E-state index in [1.165, 1.54) is 12.1 Å². The van der Waals surface area contributed by atoms with E-state index < -0.39 is 28.7 Å². The molecule has 0 heterocycles. The molecule has 0 fully saturated rings. The zero-order valence-corrected chi connectivity index (χ0v) is 8.48. The lowest BCUT2D eigenvalue weighted by molar-refractivity contribution is -0.118. The Kier molecular flexibility index (Phi) is 2.20. The van der Waals surface area contributed by atoms with Crippen molar-refractivity contribution in [1.82, 2.24) is 0 Å². The monoisotopic (exact) mass is 216 g/mol. The minimum atomic E-state index is -0.941. The second-order valence-electron chi connectivity index (χ2n) is 3.48. The second-order valence-corrected chi connectivity index (χ2v) is 3.48. The lowest BCUT2D eigenvalue weighted by atomic mass is 9.87. The van der Waals surface area contributed by atoms with E-state index in [4.69, 9.17) is 0 Å². The Morgan fingerprint density at radius 2 is 1.62 bits per heavy atom. The number of carbonyl (C=O) groups is 3. The maximum absolute atomic E-state index is 11.6. The summed E-state index contributed by atoms with van der Waals surface area (Å²) in [5, 5.41) is 9.77. The highest BCUT2D eigenvalue weighted by Crippen LogP contribution is 2.27. The maximum Gasteiger partial charge on any atom is 0.240 e. The predicted octanol–water partition coefficient (Wildman–Crippen LogP) is 1.31. The first-order valence-electron chi connectivity index (χ1n) is 4.66. The molecule has 0 spiro atoms. The number of Topliss-reactive ketones (excluding diaryl/α,β-unsaturated/α-hetero) is 3. The first kappa shape index (κ1) is 10.3. The first-order chi connectivity index (χ1) is 7.54. The third-order valence-corrected chi connectivity index (χ3v) is 2.45. The summed E-state index contributed by atoms with van der Waals surface area (Å²) in [5.74, 6) is -2.71. The zero-order valence-electron chi connectivity index (χ0n) is 8.48. The molecular weight excluding hydrogens is 208 g/mol. The van der Waals surface area contributed by atoms with Crippen LogP contribution in [0.3, 0.4) is 0 Å². The van der Waals surface area contributed by atoms with Crippen LogP contribution in [0.4, 0.5) is 0 Å². The van der Waals surface area contributed by atoms with Crippen LogP contribution < -0.4 is 0 Å². The van der Waals surface area contributed by atoms with Crippen LogP contribution in [0.2, 0.25) is 0 Å². The quantitative estimate of drug-likeness (QED) is 0.567. The smallest absolute Gasteiger partial charge is 0.240 e. The van der Waals surface area contributed by atoms with Gasteiger partial charge in [-0.15, -0.1) is 0 Å². The average molecular weight is 216 g/mol. The molecule has 1 N–H and O–H groups in total. The molecule has 80 valence electrons. The molecule has 0 unspecified atom stereocenters. The molecular formula is C12H8O4. The molecule has 0 saturated carbocycles. The average Bonchev–Trinajstić information content (AvgIpc) is 2.26. The Hall–Kier alpha value is -2.23. The van der Waals surface area contributed by atoms with Crippen LogP contribution in [0.5, 0.6) is 0 Å². The summed E-state index contributed by atoms with van der Waals surface area (Å²) in [6.07, 6.45) is 0. The van der Waals surface area contributed by atoms with Crippen molar-refractivity contribution in [2.45, 2.75) is 6.92 Å². The topological polar surface area (TPSA) is 71.4 Å². The van der Waals surface area contributed by atoms with Crippen LogP contribution in [0.25, 0.3) is 5.76 Å².